The van der Waals surface area contributed by atoms with Crippen LogP contribution >= 0.6 is 0 Å². The Balaban J connectivity index is 1.74. The van der Waals surface area contributed by atoms with Gasteiger partial charge in [0.2, 0.25) is 5.95 Å². The van der Waals surface area contributed by atoms with Crippen molar-refractivity contribution in [1.29, 1.82) is 0 Å². The van der Waals surface area contributed by atoms with E-state index in [0.717, 1.165) is 11.3 Å². The monoisotopic (exact) mass is 366 g/mol. The van der Waals surface area contributed by atoms with Gasteiger partial charge in [-0.1, -0.05) is 18.2 Å². The summed E-state index contributed by atoms with van der Waals surface area (Å²) in [7, 11) is 2.91. The molecule has 0 saturated carbocycles. The van der Waals surface area contributed by atoms with Crippen LogP contribution in [0, 0.1) is 0 Å². The van der Waals surface area contributed by atoms with E-state index in [2.05, 4.69) is 25.2 Å². The minimum absolute atomic E-state index is 0.181. The number of carbonyl (C=O) groups excluding carboxylic acids is 1. The van der Waals surface area contributed by atoms with E-state index in [1.807, 2.05) is 24.3 Å². The van der Waals surface area contributed by atoms with Crippen LogP contribution in [0.4, 0.5) is 11.6 Å². The number of anilines is 2. The molecule has 0 spiro atoms. The number of carbonyl (C=O) groups is 1. The van der Waals surface area contributed by atoms with Crippen LogP contribution in [0.15, 0.2) is 53.3 Å². The number of benzene rings is 2. The molecule has 0 radical (unpaired) electrons. The molecule has 0 saturated heterocycles. The van der Waals surface area contributed by atoms with Gasteiger partial charge in [-0.15, -0.1) is 10.2 Å². The van der Waals surface area contributed by atoms with Gasteiger partial charge in [0, 0.05) is 12.1 Å². The first-order chi connectivity index (χ1) is 13.1. The van der Waals surface area contributed by atoms with E-state index >= 15 is 0 Å². The summed E-state index contributed by atoms with van der Waals surface area (Å²) in [6.45, 7) is 0. The van der Waals surface area contributed by atoms with Gasteiger partial charge in [-0.25, -0.2) is 4.79 Å². The van der Waals surface area contributed by atoms with Crippen LogP contribution in [-0.4, -0.2) is 35.4 Å². The summed E-state index contributed by atoms with van der Waals surface area (Å²) < 4.78 is 9.80. The molecule has 0 amide bonds. The molecule has 27 heavy (non-hydrogen) atoms. The minimum Gasteiger partial charge on any atom is -0.497 e. The molecule has 0 aliphatic heterocycles. The zero-order chi connectivity index (χ0) is 19.2. The number of H-pyrrole nitrogens is 1. The topological polar surface area (TPSA) is 106 Å². The Morgan fingerprint density at radius 2 is 1.89 bits per heavy atom. The molecule has 0 unspecified atom stereocenters. The molecule has 138 valence electrons. The van der Waals surface area contributed by atoms with E-state index in [-0.39, 0.29) is 11.5 Å². The summed E-state index contributed by atoms with van der Waals surface area (Å²) >= 11 is 0. The molecule has 2 N–H and O–H groups in total. The fourth-order valence-corrected chi connectivity index (χ4v) is 2.45. The minimum atomic E-state index is -0.451. The number of hydrogen-bond donors (Lipinski definition) is 2. The number of hydrogen-bond acceptors (Lipinski definition) is 7. The number of methoxy groups -OCH3 is 2. The van der Waals surface area contributed by atoms with Gasteiger partial charge < -0.3 is 14.8 Å². The number of ether oxygens (including phenoxy) is 2. The fourth-order valence-electron chi connectivity index (χ4n) is 2.45. The predicted octanol–water partition coefficient (Wildman–Crippen LogP) is 2.29. The van der Waals surface area contributed by atoms with Crippen LogP contribution in [0.25, 0.3) is 0 Å². The predicted molar refractivity (Wildman–Crippen MR) is 99.5 cm³/mol. The smallest absolute Gasteiger partial charge is 0.337 e. The quantitative estimate of drug-likeness (QED) is 0.645. The molecule has 0 aliphatic rings. The van der Waals surface area contributed by atoms with E-state index < -0.39 is 5.97 Å². The van der Waals surface area contributed by atoms with Gasteiger partial charge >= 0.3 is 5.97 Å². The van der Waals surface area contributed by atoms with Crippen LogP contribution in [0.5, 0.6) is 5.75 Å². The first kappa shape index (κ1) is 18.1. The normalized spacial score (nSPS) is 10.3. The zero-order valence-electron chi connectivity index (χ0n) is 14.9. The third-order valence-electron chi connectivity index (χ3n) is 3.84. The molecule has 0 fully saturated rings. The number of esters is 1. The SMILES string of the molecule is COC(=O)c1cccc(Nc2nnc(Cc3ccc(OC)cc3)c(=O)[nH]2)c1. The maximum Gasteiger partial charge on any atom is 0.337 e. The molecule has 8 nitrogen and oxygen atoms in total. The number of nitrogens with zero attached hydrogens (tertiary/aromatic N) is 2. The first-order valence-corrected chi connectivity index (χ1v) is 8.13. The molecular formula is C19H18N4O4. The van der Waals surface area contributed by atoms with Crippen LogP contribution in [0.2, 0.25) is 0 Å². The number of aromatic nitrogens is 3. The highest BCUT2D eigenvalue weighted by molar-refractivity contribution is 5.90. The van der Waals surface area contributed by atoms with Crippen molar-refractivity contribution in [3.63, 3.8) is 0 Å². The van der Waals surface area contributed by atoms with Crippen LogP contribution in [-0.2, 0) is 11.2 Å². The Labute approximate surface area is 155 Å². The van der Waals surface area contributed by atoms with Crippen molar-refractivity contribution in [2.24, 2.45) is 0 Å². The average molecular weight is 366 g/mol. The van der Waals surface area contributed by atoms with Crippen LogP contribution in [0.3, 0.4) is 0 Å². The van der Waals surface area contributed by atoms with Gasteiger partial charge in [-0.2, -0.15) is 0 Å². The van der Waals surface area contributed by atoms with Crippen molar-refractivity contribution in [2.75, 3.05) is 19.5 Å². The highest BCUT2D eigenvalue weighted by Crippen LogP contribution is 2.15. The van der Waals surface area contributed by atoms with E-state index in [4.69, 9.17) is 4.74 Å². The van der Waals surface area contributed by atoms with Crippen LogP contribution in [0.1, 0.15) is 21.6 Å². The molecule has 8 heteroatoms. The molecule has 3 rings (SSSR count). The second kappa shape index (κ2) is 8.13. The van der Waals surface area contributed by atoms with E-state index in [9.17, 15) is 9.59 Å². The average Bonchev–Trinajstić information content (AvgIpc) is 2.70. The lowest BCUT2D eigenvalue weighted by Gasteiger charge is -2.07. The highest BCUT2D eigenvalue weighted by Gasteiger charge is 2.09. The molecule has 0 bridgehead atoms. The standard InChI is InChI=1S/C19H18N4O4/c1-26-15-8-6-12(7-9-15)10-16-17(24)21-19(23-22-16)20-14-5-3-4-13(11-14)18(25)27-2/h3-9,11H,10H2,1-2H3,(H2,20,21,23,24). The lowest BCUT2D eigenvalue weighted by Crippen LogP contribution is -2.19. The largest absolute Gasteiger partial charge is 0.497 e. The zero-order valence-corrected chi connectivity index (χ0v) is 14.9. The summed E-state index contributed by atoms with van der Waals surface area (Å²) in [6, 6.07) is 14.0. The second-order valence-electron chi connectivity index (χ2n) is 5.67. The molecule has 2 aromatic carbocycles. The Morgan fingerprint density at radius 1 is 1.11 bits per heavy atom. The Morgan fingerprint density at radius 3 is 2.56 bits per heavy atom. The second-order valence-corrected chi connectivity index (χ2v) is 5.67. The molecule has 1 aromatic heterocycles. The van der Waals surface area contributed by atoms with Crippen molar-refractivity contribution < 1.29 is 14.3 Å². The van der Waals surface area contributed by atoms with Crippen molar-refractivity contribution in [2.45, 2.75) is 6.42 Å². The van der Waals surface area contributed by atoms with Gasteiger partial charge in [-0.3, -0.25) is 9.78 Å². The van der Waals surface area contributed by atoms with Gasteiger partial charge in [0.1, 0.15) is 11.4 Å². The molecule has 0 atom stereocenters. The maximum atomic E-state index is 12.3. The Kier molecular flexibility index (Phi) is 5.46. The molecule has 0 aliphatic carbocycles. The van der Waals surface area contributed by atoms with Crippen molar-refractivity contribution in [3.8, 4) is 5.75 Å². The van der Waals surface area contributed by atoms with Gasteiger partial charge in [-0.05, 0) is 35.9 Å². The van der Waals surface area contributed by atoms with E-state index in [1.165, 1.54) is 7.11 Å². The maximum absolute atomic E-state index is 12.3. The van der Waals surface area contributed by atoms with Gasteiger partial charge in [0.15, 0.2) is 0 Å². The van der Waals surface area contributed by atoms with Crippen molar-refractivity contribution in [3.05, 3.63) is 75.7 Å². The lowest BCUT2D eigenvalue weighted by molar-refractivity contribution is 0.0601. The summed E-state index contributed by atoms with van der Waals surface area (Å²) in [6.07, 6.45) is 0.352. The Hall–Kier alpha value is -3.68. The van der Waals surface area contributed by atoms with E-state index in [0.29, 0.717) is 23.4 Å². The molecule has 1 heterocycles. The number of nitrogens with one attached hydrogen (secondary N) is 2. The summed E-state index contributed by atoms with van der Waals surface area (Å²) in [5, 5.41) is 10.9. The number of rotatable bonds is 6. The first-order valence-electron chi connectivity index (χ1n) is 8.13. The van der Waals surface area contributed by atoms with E-state index in [1.54, 1.807) is 31.4 Å². The third-order valence-corrected chi connectivity index (χ3v) is 3.84. The fraction of sp³-hybridized carbons (Fsp3) is 0.158. The van der Waals surface area contributed by atoms with Crippen LogP contribution < -0.4 is 15.6 Å². The lowest BCUT2D eigenvalue weighted by atomic mass is 10.1. The van der Waals surface area contributed by atoms with Crippen molar-refractivity contribution in [1.82, 2.24) is 15.2 Å². The Bertz CT molecular complexity index is 999. The third kappa shape index (κ3) is 4.49. The van der Waals surface area contributed by atoms with Gasteiger partial charge in [0.25, 0.3) is 5.56 Å². The number of aromatic amines is 1. The van der Waals surface area contributed by atoms with Gasteiger partial charge in [0.05, 0.1) is 19.8 Å². The summed E-state index contributed by atoms with van der Waals surface area (Å²) in [4.78, 5) is 26.5. The molecular weight excluding hydrogens is 348 g/mol. The summed E-state index contributed by atoms with van der Waals surface area (Å²) in [5.41, 5.74) is 1.84. The molecule has 3 aromatic rings. The summed E-state index contributed by atoms with van der Waals surface area (Å²) in [5.74, 6) is 0.473. The van der Waals surface area contributed by atoms with Crippen molar-refractivity contribution >= 4 is 17.6 Å². The highest BCUT2D eigenvalue weighted by atomic mass is 16.5.